The number of hydrogen-bond donors (Lipinski definition) is 1. The second kappa shape index (κ2) is 8.95. The highest BCUT2D eigenvalue weighted by atomic mass is 16.5. The topological polar surface area (TPSA) is 59.7 Å². The van der Waals surface area contributed by atoms with Gasteiger partial charge in [-0.15, -0.1) is 0 Å². The second-order valence-electron chi connectivity index (χ2n) is 11.9. The highest BCUT2D eigenvalue weighted by molar-refractivity contribution is 5.70. The first kappa shape index (κ1) is 22.5. The summed E-state index contributed by atoms with van der Waals surface area (Å²) >= 11 is 0. The molecule has 2 aromatic rings. The summed E-state index contributed by atoms with van der Waals surface area (Å²) in [5, 5.41) is 11.3. The molecule has 1 heterocycles. The lowest BCUT2D eigenvalue weighted by molar-refractivity contribution is -0.103. The largest absolute Gasteiger partial charge is 0.461 e. The smallest absolute Gasteiger partial charge is 0.185 e. The van der Waals surface area contributed by atoms with E-state index in [2.05, 4.69) is 37.3 Å². The maximum Gasteiger partial charge on any atom is 0.185 e. The fraction of sp³-hybridized carbons (Fsp3) is 0.633. The molecule has 0 amide bonds. The predicted octanol–water partition coefficient (Wildman–Crippen LogP) is 6.38. The van der Waals surface area contributed by atoms with Crippen molar-refractivity contribution in [3.8, 4) is 0 Å². The fourth-order valence-electron chi connectivity index (χ4n) is 8.94. The molecule has 1 aromatic heterocycles. The van der Waals surface area contributed by atoms with Gasteiger partial charge in [-0.3, -0.25) is 4.79 Å². The van der Waals surface area contributed by atoms with Crippen molar-refractivity contribution in [1.29, 1.82) is 0 Å². The highest BCUT2D eigenvalue weighted by Gasteiger charge is 2.60. The molecule has 4 saturated carbocycles. The van der Waals surface area contributed by atoms with E-state index in [1.807, 2.05) is 6.07 Å². The van der Waals surface area contributed by atoms with Crippen LogP contribution in [-0.4, -0.2) is 23.6 Å². The van der Waals surface area contributed by atoms with Crippen LogP contribution in [-0.2, 0) is 11.3 Å². The molecule has 4 aliphatic carbocycles. The third kappa shape index (κ3) is 3.78. The molecule has 4 nitrogen and oxygen atoms in total. The first-order valence-electron chi connectivity index (χ1n) is 13.4. The number of carbonyl (C=O) groups is 1. The minimum absolute atomic E-state index is 0.0907. The van der Waals surface area contributed by atoms with Crippen LogP contribution in [0.2, 0.25) is 0 Å². The Morgan fingerprint density at radius 1 is 1.06 bits per heavy atom. The van der Waals surface area contributed by atoms with Gasteiger partial charge in [-0.2, -0.15) is 0 Å². The van der Waals surface area contributed by atoms with E-state index in [4.69, 9.17) is 9.15 Å². The zero-order valence-corrected chi connectivity index (χ0v) is 20.3. The number of rotatable bonds is 5. The van der Waals surface area contributed by atoms with E-state index < -0.39 is 0 Å². The van der Waals surface area contributed by atoms with Gasteiger partial charge >= 0.3 is 0 Å². The maximum absolute atomic E-state index is 11.3. The van der Waals surface area contributed by atoms with E-state index in [9.17, 15) is 9.90 Å². The van der Waals surface area contributed by atoms with Crippen LogP contribution in [0.3, 0.4) is 0 Å². The average molecular weight is 463 g/mol. The number of aldehydes is 1. The quantitative estimate of drug-likeness (QED) is 0.524. The molecule has 1 N–H and O–H groups in total. The normalized spacial score (nSPS) is 41.4. The predicted molar refractivity (Wildman–Crippen MR) is 130 cm³/mol. The summed E-state index contributed by atoms with van der Waals surface area (Å²) in [6.45, 7) is 3.13. The molecule has 4 fully saturated rings. The van der Waals surface area contributed by atoms with Crippen molar-refractivity contribution in [2.24, 2.45) is 35.0 Å². The zero-order chi connectivity index (χ0) is 23.3. The van der Waals surface area contributed by atoms with Crippen LogP contribution in [0, 0.1) is 35.0 Å². The van der Waals surface area contributed by atoms with Crippen LogP contribution in [0.15, 0.2) is 47.1 Å². The first-order chi connectivity index (χ1) is 16.6. The minimum Gasteiger partial charge on any atom is -0.461 e. The van der Waals surface area contributed by atoms with Crippen LogP contribution < -0.4 is 0 Å². The lowest BCUT2D eigenvalue weighted by Gasteiger charge is -2.56. The lowest BCUT2D eigenvalue weighted by Crippen LogP contribution is -2.50. The summed E-state index contributed by atoms with van der Waals surface area (Å²) in [5.41, 5.74) is 2.46. The molecule has 1 aromatic carbocycles. The summed E-state index contributed by atoms with van der Waals surface area (Å²) in [7, 11) is 0. The van der Waals surface area contributed by atoms with Crippen molar-refractivity contribution in [2.45, 2.75) is 83.0 Å². The van der Waals surface area contributed by atoms with Crippen LogP contribution in [0.4, 0.5) is 0 Å². The summed E-state index contributed by atoms with van der Waals surface area (Å²) in [5.74, 6) is 3.98. The van der Waals surface area contributed by atoms with E-state index in [1.165, 1.54) is 50.5 Å². The van der Waals surface area contributed by atoms with Crippen molar-refractivity contribution in [3.05, 3.63) is 59.5 Å². The Hall–Kier alpha value is -1.91. The van der Waals surface area contributed by atoms with Gasteiger partial charge in [0.25, 0.3) is 0 Å². The van der Waals surface area contributed by atoms with E-state index >= 15 is 0 Å². The molecular formula is C30H38O4. The van der Waals surface area contributed by atoms with Crippen molar-refractivity contribution < 1.29 is 19.1 Å². The number of ether oxygens (including phenoxy) is 1. The molecule has 0 bridgehead atoms. The number of furan rings is 1. The maximum atomic E-state index is 11.3. The SMILES string of the molecule is C[C@]12CC[C@H]3[C@@H](CC[C@@H]4CC(OCc5ccccc5)CC[C@@H]43)[C@@H]1[C@H](O)C[C@@H]2c1coc(C=O)c1. The number of hydrogen-bond acceptors (Lipinski definition) is 4. The molecule has 1 unspecified atom stereocenters. The third-order valence-corrected chi connectivity index (χ3v) is 10.4. The Labute approximate surface area is 203 Å². The van der Waals surface area contributed by atoms with Crippen LogP contribution in [0.1, 0.15) is 85.9 Å². The van der Waals surface area contributed by atoms with Gasteiger partial charge in [0, 0.05) is 0 Å². The van der Waals surface area contributed by atoms with Gasteiger partial charge in [-0.05, 0) is 109 Å². The summed E-state index contributed by atoms with van der Waals surface area (Å²) in [4.78, 5) is 11.2. The summed E-state index contributed by atoms with van der Waals surface area (Å²) in [6.07, 6.45) is 12.1. The van der Waals surface area contributed by atoms with Gasteiger partial charge in [-0.25, -0.2) is 0 Å². The van der Waals surface area contributed by atoms with Crippen LogP contribution in [0.5, 0.6) is 0 Å². The Balaban J connectivity index is 1.14. The minimum atomic E-state index is -0.250. The second-order valence-corrected chi connectivity index (χ2v) is 11.9. The molecule has 6 rings (SSSR count). The van der Waals surface area contributed by atoms with Gasteiger partial charge in [0.2, 0.25) is 0 Å². The fourth-order valence-corrected chi connectivity index (χ4v) is 8.94. The summed E-state index contributed by atoms with van der Waals surface area (Å²) < 4.78 is 11.8. The number of aliphatic hydroxyl groups excluding tert-OH is 1. The highest BCUT2D eigenvalue weighted by Crippen LogP contribution is 2.66. The van der Waals surface area contributed by atoms with E-state index in [1.54, 1.807) is 6.26 Å². The molecule has 0 aliphatic heterocycles. The van der Waals surface area contributed by atoms with Gasteiger partial charge in [0.15, 0.2) is 12.0 Å². The molecule has 4 aliphatic rings. The number of benzene rings is 1. The molecule has 9 atom stereocenters. The molecular weight excluding hydrogens is 424 g/mol. The number of fused-ring (bicyclic) bond motifs is 5. The molecule has 0 saturated heterocycles. The molecule has 4 heteroatoms. The van der Waals surface area contributed by atoms with Gasteiger partial charge in [0.05, 0.1) is 25.1 Å². The number of aliphatic hydroxyl groups is 1. The standard InChI is InChI=1S/C30H38O4/c1-30-12-11-25-24-10-8-22(33-17-19-5-3-2-4-6-19)13-20(24)7-9-26(25)29(30)28(32)15-27(30)21-14-23(16-31)34-18-21/h2-6,14,16,18,20,22,24-29,32H,7-13,15,17H2,1H3/t20-,22?,24+,25-,26-,27-,28-,29-,30-/m1/s1. The average Bonchev–Trinajstić information content (AvgIpc) is 3.44. The summed E-state index contributed by atoms with van der Waals surface area (Å²) in [6, 6.07) is 12.4. The van der Waals surface area contributed by atoms with Crippen LogP contribution >= 0.6 is 0 Å². The van der Waals surface area contributed by atoms with E-state index in [0.29, 0.717) is 23.7 Å². The van der Waals surface area contributed by atoms with Crippen molar-refractivity contribution >= 4 is 6.29 Å². The zero-order valence-electron chi connectivity index (χ0n) is 20.3. The first-order valence-corrected chi connectivity index (χ1v) is 13.4. The Bertz CT molecular complexity index is 998. The molecule has 34 heavy (non-hydrogen) atoms. The van der Waals surface area contributed by atoms with Gasteiger partial charge < -0.3 is 14.3 Å². The lowest BCUT2D eigenvalue weighted by atomic mass is 9.49. The Morgan fingerprint density at radius 3 is 2.68 bits per heavy atom. The Kier molecular flexibility index (Phi) is 5.93. The Morgan fingerprint density at radius 2 is 1.88 bits per heavy atom. The van der Waals surface area contributed by atoms with Gasteiger partial charge in [0.1, 0.15) is 0 Å². The van der Waals surface area contributed by atoms with Crippen molar-refractivity contribution in [2.75, 3.05) is 0 Å². The van der Waals surface area contributed by atoms with Gasteiger partial charge in [-0.1, -0.05) is 37.3 Å². The third-order valence-electron chi connectivity index (χ3n) is 10.4. The van der Waals surface area contributed by atoms with Crippen LogP contribution in [0.25, 0.3) is 0 Å². The molecule has 182 valence electrons. The van der Waals surface area contributed by atoms with E-state index in [0.717, 1.165) is 42.6 Å². The molecule has 0 spiro atoms. The molecule has 0 radical (unpaired) electrons. The van der Waals surface area contributed by atoms with Crippen molar-refractivity contribution in [1.82, 2.24) is 0 Å². The number of carbonyl (C=O) groups excluding carboxylic acids is 1. The van der Waals surface area contributed by atoms with E-state index in [-0.39, 0.29) is 17.4 Å². The van der Waals surface area contributed by atoms with Crippen molar-refractivity contribution in [3.63, 3.8) is 0 Å². The monoisotopic (exact) mass is 462 g/mol.